The minimum atomic E-state index is -3.48. The summed E-state index contributed by atoms with van der Waals surface area (Å²) < 4.78 is 26.0. The van der Waals surface area contributed by atoms with Crippen molar-refractivity contribution in [1.82, 2.24) is 4.31 Å². The van der Waals surface area contributed by atoms with Crippen molar-refractivity contribution < 1.29 is 13.2 Å². The van der Waals surface area contributed by atoms with E-state index in [4.69, 9.17) is 5.26 Å². The lowest BCUT2D eigenvalue weighted by Gasteiger charge is -2.15. The van der Waals surface area contributed by atoms with E-state index in [1.165, 1.54) is 22.7 Å². The molecule has 0 aliphatic rings. The average molecular weight is 363 g/mol. The van der Waals surface area contributed by atoms with E-state index in [0.717, 1.165) is 0 Å². The van der Waals surface area contributed by atoms with Crippen LogP contribution in [0.25, 0.3) is 0 Å². The third-order valence-electron chi connectivity index (χ3n) is 3.31. The number of thiophene rings is 1. The standard InChI is InChI=1S/C16H17N3O3S2/c1-19(24(21,22)16-8-4-10-23-16)9-3-7-15(20)18-14-6-2-5-13(11-14)12-17/h2,4-6,8,10-11H,3,7,9H2,1H3,(H,18,20). The molecular formula is C16H17N3O3S2. The minimum absolute atomic E-state index is 0.196. The number of amides is 1. The largest absolute Gasteiger partial charge is 0.326 e. The number of benzene rings is 1. The van der Waals surface area contributed by atoms with E-state index in [-0.39, 0.29) is 18.9 Å². The Bertz CT molecular complexity index is 840. The van der Waals surface area contributed by atoms with Gasteiger partial charge in [0, 0.05) is 25.7 Å². The van der Waals surface area contributed by atoms with Crippen LogP contribution in [0.1, 0.15) is 18.4 Å². The molecule has 0 saturated heterocycles. The fourth-order valence-corrected chi connectivity index (χ4v) is 4.45. The molecule has 1 aromatic carbocycles. The van der Waals surface area contributed by atoms with Crippen molar-refractivity contribution in [2.45, 2.75) is 17.1 Å². The summed E-state index contributed by atoms with van der Waals surface area (Å²) in [6, 6.07) is 11.9. The number of sulfonamides is 1. The molecule has 0 bridgehead atoms. The second kappa shape index (κ2) is 8.06. The minimum Gasteiger partial charge on any atom is -0.326 e. The van der Waals surface area contributed by atoms with Gasteiger partial charge in [0.1, 0.15) is 4.21 Å². The summed E-state index contributed by atoms with van der Waals surface area (Å²) in [6.45, 7) is 0.256. The lowest BCUT2D eigenvalue weighted by Crippen LogP contribution is -2.28. The van der Waals surface area contributed by atoms with Crippen LogP contribution in [0, 0.1) is 11.3 Å². The Kier molecular flexibility index (Phi) is 6.09. The van der Waals surface area contributed by atoms with Gasteiger partial charge in [-0.3, -0.25) is 4.79 Å². The first-order valence-corrected chi connectivity index (χ1v) is 9.55. The van der Waals surface area contributed by atoms with Gasteiger partial charge in [0.2, 0.25) is 5.91 Å². The van der Waals surface area contributed by atoms with Crippen LogP contribution in [0.4, 0.5) is 5.69 Å². The molecule has 0 spiro atoms. The zero-order chi connectivity index (χ0) is 17.6. The summed E-state index contributed by atoms with van der Waals surface area (Å²) in [7, 11) is -1.97. The van der Waals surface area contributed by atoms with Crippen LogP contribution in [0.5, 0.6) is 0 Å². The molecule has 1 N–H and O–H groups in total. The highest BCUT2D eigenvalue weighted by atomic mass is 32.2. The average Bonchev–Trinajstić information content (AvgIpc) is 3.10. The molecule has 2 rings (SSSR count). The molecule has 0 unspecified atom stereocenters. The molecule has 1 aromatic heterocycles. The van der Waals surface area contributed by atoms with Gasteiger partial charge in [-0.05, 0) is 36.1 Å². The van der Waals surface area contributed by atoms with Crippen molar-refractivity contribution in [3.63, 3.8) is 0 Å². The topological polar surface area (TPSA) is 90.3 Å². The normalized spacial score (nSPS) is 11.2. The van der Waals surface area contributed by atoms with Crippen molar-refractivity contribution in [3.05, 3.63) is 47.3 Å². The molecule has 0 atom stereocenters. The molecule has 0 aliphatic heterocycles. The number of carbonyl (C=O) groups is 1. The lowest BCUT2D eigenvalue weighted by molar-refractivity contribution is -0.116. The van der Waals surface area contributed by atoms with E-state index in [1.54, 1.807) is 41.8 Å². The van der Waals surface area contributed by atoms with Crippen LogP contribution < -0.4 is 5.32 Å². The number of hydrogen-bond donors (Lipinski definition) is 1. The summed E-state index contributed by atoms with van der Waals surface area (Å²) in [6.07, 6.45) is 0.603. The maximum absolute atomic E-state index is 12.2. The highest BCUT2D eigenvalue weighted by Crippen LogP contribution is 2.20. The maximum Gasteiger partial charge on any atom is 0.252 e. The van der Waals surface area contributed by atoms with E-state index >= 15 is 0 Å². The van der Waals surface area contributed by atoms with E-state index in [2.05, 4.69) is 5.32 Å². The SMILES string of the molecule is CN(CCCC(=O)Nc1cccc(C#N)c1)S(=O)(=O)c1cccs1. The molecule has 0 aliphatic carbocycles. The van der Waals surface area contributed by atoms with Crippen molar-refractivity contribution in [2.75, 3.05) is 18.9 Å². The second-order valence-electron chi connectivity index (χ2n) is 5.10. The Morgan fingerprint density at radius 1 is 1.33 bits per heavy atom. The van der Waals surface area contributed by atoms with Gasteiger partial charge in [0.15, 0.2) is 0 Å². The maximum atomic E-state index is 12.2. The molecule has 0 radical (unpaired) electrons. The first-order chi connectivity index (χ1) is 11.4. The Hall–Kier alpha value is -2.21. The third-order valence-corrected chi connectivity index (χ3v) is 6.54. The predicted octanol–water partition coefficient (Wildman–Crippen LogP) is 2.66. The number of hydrogen-bond acceptors (Lipinski definition) is 5. The molecule has 8 heteroatoms. The Morgan fingerprint density at radius 2 is 2.12 bits per heavy atom. The first kappa shape index (κ1) is 18.1. The zero-order valence-electron chi connectivity index (χ0n) is 13.1. The fourth-order valence-electron chi connectivity index (χ4n) is 2.04. The molecule has 126 valence electrons. The first-order valence-electron chi connectivity index (χ1n) is 7.23. The lowest BCUT2D eigenvalue weighted by atomic mass is 10.2. The van der Waals surface area contributed by atoms with Gasteiger partial charge in [-0.25, -0.2) is 12.7 Å². The summed E-state index contributed by atoms with van der Waals surface area (Å²) in [5.41, 5.74) is 1.02. The Labute approximate surface area is 145 Å². The molecule has 1 heterocycles. The van der Waals surface area contributed by atoms with Gasteiger partial charge in [-0.2, -0.15) is 5.26 Å². The smallest absolute Gasteiger partial charge is 0.252 e. The van der Waals surface area contributed by atoms with Crippen LogP contribution in [-0.2, 0) is 14.8 Å². The molecule has 1 amide bonds. The second-order valence-corrected chi connectivity index (χ2v) is 8.32. The Balaban J connectivity index is 1.83. The van der Waals surface area contributed by atoms with E-state index in [9.17, 15) is 13.2 Å². The molecule has 6 nitrogen and oxygen atoms in total. The van der Waals surface area contributed by atoms with Crippen LogP contribution in [0.3, 0.4) is 0 Å². The number of nitriles is 1. The summed E-state index contributed by atoms with van der Waals surface area (Å²) in [4.78, 5) is 11.9. The van der Waals surface area contributed by atoms with Gasteiger partial charge in [0.05, 0.1) is 11.6 Å². The van der Waals surface area contributed by atoms with Gasteiger partial charge in [0.25, 0.3) is 10.0 Å². The number of rotatable bonds is 7. The highest BCUT2D eigenvalue weighted by molar-refractivity contribution is 7.91. The quantitative estimate of drug-likeness (QED) is 0.819. The molecule has 24 heavy (non-hydrogen) atoms. The highest BCUT2D eigenvalue weighted by Gasteiger charge is 2.21. The van der Waals surface area contributed by atoms with Gasteiger partial charge >= 0.3 is 0 Å². The third kappa shape index (κ3) is 4.64. The van der Waals surface area contributed by atoms with Crippen LogP contribution >= 0.6 is 11.3 Å². The summed E-state index contributed by atoms with van der Waals surface area (Å²) in [5, 5.41) is 13.2. The van der Waals surface area contributed by atoms with Crippen LogP contribution in [0.15, 0.2) is 46.0 Å². The van der Waals surface area contributed by atoms with Crippen molar-refractivity contribution in [2.24, 2.45) is 0 Å². The van der Waals surface area contributed by atoms with Gasteiger partial charge < -0.3 is 5.32 Å². The summed E-state index contributed by atoms with van der Waals surface area (Å²) >= 11 is 1.17. The molecule has 2 aromatic rings. The molecule has 0 fully saturated rings. The molecular weight excluding hydrogens is 346 g/mol. The van der Waals surface area contributed by atoms with Crippen molar-refractivity contribution in [1.29, 1.82) is 5.26 Å². The van der Waals surface area contributed by atoms with E-state index in [0.29, 0.717) is 21.9 Å². The number of nitrogens with one attached hydrogen (secondary N) is 1. The predicted molar refractivity (Wildman–Crippen MR) is 93.2 cm³/mol. The van der Waals surface area contributed by atoms with Crippen LogP contribution in [0.2, 0.25) is 0 Å². The van der Waals surface area contributed by atoms with Crippen molar-refractivity contribution >= 4 is 33.0 Å². The zero-order valence-corrected chi connectivity index (χ0v) is 14.7. The number of carbonyl (C=O) groups excluding carboxylic acids is 1. The fraction of sp³-hybridized carbons (Fsp3) is 0.250. The monoisotopic (exact) mass is 363 g/mol. The van der Waals surface area contributed by atoms with Crippen molar-refractivity contribution in [3.8, 4) is 6.07 Å². The van der Waals surface area contributed by atoms with Crippen LogP contribution in [-0.4, -0.2) is 32.2 Å². The van der Waals surface area contributed by atoms with E-state index in [1.807, 2.05) is 6.07 Å². The Morgan fingerprint density at radius 3 is 2.79 bits per heavy atom. The summed E-state index contributed by atoms with van der Waals surface area (Å²) in [5.74, 6) is -0.216. The molecule has 0 saturated carbocycles. The number of nitrogens with zero attached hydrogens (tertiary/aromatic N) is 2. The van der Waals surface area contributed by atoms with E-state index < -0.39 is 10.0 Å². The van der Waals surface area contributed by atoms with Gasteiger partial charge in [-0.1, -0.05) is 12.1 Å². The van der Waals surface area contributed by atoms with Gasteiger partial charge in [-0.15, -0.1) is 11.3 Å². The number of anilines is 1.